The van der Waals surface area contributed by atoms with E-state index in [9.17, 15) is 4.79 Å². The average Bonchev–Trinajstić information content (AvgIpc) is 2.44. The van der Waals surface area contributed by atoms with Crippen LogP contribution in [0.15, 0.2) is 24.3 Å². The topological polar surface area (TPSA) is 29.5 Å². The van der Waals surface area contributed by atoms with Crippen molar-refractivity contribution in [3.8, 4) is 18.1 Å². The number of alkyl halides is 1. The summed E-state index contributed by atoms with van der Waals surface area (Å²) in [5.41, 5.74) is 3.03. The number of aryl methyl sites for hydroxylation is 1. The lowest BCUT2D eigenvalue weighted by Crippen LogP contribution is -2.35. The summed E-state index contributed by atoms with van der Waals surface area (Å²) in [6.07, 6.45) is 7.95. The number of amides is 1. The molecule has 0 bridgehead atoms. The third-order valence-electron chi connectivity index (χ3n) is 3.27. The zero-order chi connectivity index (χ0) is 14.7. The fraction of sp³-hybridized carbons (Fsp3) is 0.312. The normalized spacial score (nSPS) is 18.5. The molecule has 104 valence electrons. The monoisotopic (exact) mass is 333 g/mol. The molecular formula is C16H16BrNO2. The second kappa shape index (κ2) is 6.15. The Kier molecular flexibility index (Phi) is 4.51. The van der Waals surface area contributed by atoms with Gasteiger partial charge in [0, 0.05) is 18.3 Å². The van der Waals surface area contributed by atoms with Gasteiger partial charge in [0.15, 0.2) is 0 Å². The Hall–Kier alpha value is -1.73. The van der Waals surface area contributed by atoms with Gasteiger partial charge in [-0.15, -0.1) is 6.42 Å². The van der Waals surface area contributed by atoms with Crippen LogP contribution >= 0.6 is 15.9 Å². The van der Waals surface area contributed by atoms with Crippen LogP contribution < -0.4 is 4.74 Å². The summed E-state index contributed by atoms with van der Waals surface area (Å²) in [5.74, 6) is 3.26. The summed E-state index contributed by atoms with van der Waals surface area (Å²) in [5, 5.41) is 0. The Morgan fingerprint density at radius 3 is 2.95 bits per heavy atom. The molecule has 2 rings (SSSR count). The molecule has 0 spiro atoms. The lowest BCUT2D eigenvalue weighted by Gasteiger charge is -2.28. The van der Waals surface area contributed by atoms with Gasteiger partial charge in [-0.1, -0.05) is 27.9 Å². The molecule has 1 aromatic rings. The molecule has 0 saturated heterocycles. The van der Waals surface area contributed by atoms with E-state index in [-0.39, 0.29) is 17.3 Å². The fourth-order valence-corrected chi connectivity index (χ4v) is 2.70. The summed E-state index contributed by atoms with van der Waals surface area (Å²) in [6, 6.07) is 5.77. The van der Waals surface area contributed by atoms with E-state index in [0.717, 1.165) is 22.6 Å². The molecule has 0 fully saturated rings. The van der Waals surface area contributed by atoms with Crippen molar-refractivity contribution < 1.29 is 9.53 Å². The molecule has 0 aromatic heterocycles. The van der Waals surface area contributed by atoms with Crippen LogP contribution in [0.2, 0.25) is 0 Å². The molecule has 0 saturated carbocycles. The first kappa shape index (κ1) is 14.7. The first-order valence-corrected chi connectivity index (χ1v) is 7.25. The highest BCUT2D eigenvalue weighted by molar-refractivity contribution is 9.10. The molecule has 1 unspecified atom stereocenters. The highest BCUT2D eigenvalue weighted by Gasteiger charge is 2.26. The van der Waals surface area contributed by atoms with Crippen LogP contribution in [-0.4, -0.2) is 29.3 Å². The van der Waals surface area contributed by atoms with Crippen LogP contribution in [0.25, 0.3) is 5.70 Å². The van der Waals surface area contributed by atoms with Gasteiger partial charge in [-0.3, -0.25) is 4.79 Å². The summed E-state index contributed by atoms with van der Waals surface area (Å²) in [6.45, 7) is 2.25. The zero-order valence-electron chi connectivity index (χ0n) is 11.5. The van der Waals surface area contributed by atoms with Gasteiger partial charge in [0.2, 0.25) is 5.91 Å². The average molecular weight is 334 g/mol. The number of benzene rings is 1. The molecule has 1 aliphatic heterocycles. The maximum Gasteiger partial charge on any atom is 0.240 e. The molecule has 0 N–H and O–H groups in total. The molecule has 1 aromatic carbocycles. The third kappa shape index (κ3) is 2.88. The number of allylic oxidation sites excluding steroid dienone is 1. The highest BCUT2D eigenvalue weighted by atomic mass is 79.9. The molecule has 0 radical (unpaired) electrons. The number of rotatable bonds is 3. The molecule has 1 aliphatic rings. The minimum absolute atomic E-state index is 0.0783. The van der Waals surface area contributed by atoms with E-state index < -0.39 is 0 Å². The van der Waals surface area contributed by atoms with Crippen molar-refractivity contribution in [2.75, 3.05) is 13.7 Å². The number of nitrogens with zero attached hydrogens (tertiary/aromatic N) is 1. The quantitative estimate of drug-likeness (QED) is 0.628. The first-order chi connectivity index (χ1) is 9.54. The van der Waals surface area contributed by atoms with E-state index in [0.29, 0.717) is 6.42 Å². The number of carbonyl (C=O) groups excluding carboxylic acids is 1. The Morgan fingerprint density at radius 2 is 2.30 bits per heavy atom. The lowest BCUT2D eigenvalue weighted by molar-refractivity contribution is -0.126. The van der Waals surface area contributed by atoms with E-state index in [2.05, 4.69) is 27.9 Å². The second-order valence-corrected chi connectivity index (χ2v) is 5.76. The van der Waals surface area contributed by atoms with Gasteiger partial charge in [0.1, 0.15) is 12.4 Å². The second-order valence-electron chi connectivity index (χ2n) is 4.66. The van der Waals surface area contributed by atoms with Crippen molar-refractivity contribution in [2.45, 2.75) is 18.2 Å². The largest absolute Gasteiger partial charge is 0.481 e. The Morgan fingerprint density at radius 1 is 1.55 bits per heavy atom. The van der Waals surface area contributed by atoms with E-state index >= 15 is 0 Å². The van der Waals surface area contributed by atoms with Gasteiger partial charge in [-0.05, 0) is 37.1 Å². The number of hydrogen-bond acceptors (Lipinski definition) is 2. The van der Waals surface area contributed by atoms with Crippen molar-refractivity contribution in [1.82, 2.24) is 4.90 Å². The number of hydrogen-bond donors (Lipinski definition) is 0. The van der Waals surface area contributed by atoms with Crippen molar-refractivity contribution in [1.29, 1.82) is 0 Å². The maximum atomic E-state index is 12.0. The van der Waals surface area contributed by atoms with Gasteiger partial charge in [-0.2, -0.15) is 0 Å². The van der Waals surface area contributed by atoms with Crippen molar-refractivity contribution >= 4 is 27.5 Å². The third-order valence-corrected chi connectivity index (χ3v) is 4.04. The van der Waals surface area contributed by atoms with Gasteiger partial charge in [0.05, 0.1) is 4.83 Å². The van der Waals surface area contributed by atoms with Gasteiger partial charge in [-0.25, -0.2) is 0 Å². The molecule has 20 heavy (non-hydrogen) atoms. The Labute approximate surface area is 127 Å². The molecule has 0 aliphatic carbocycles. The molecular weight excluding hydrogens is 318 g/mol. The number of terminal acetylenes is 1. The zero-order valence-corrected chi connectivity index (χ0v) is 13.1. The van der Waals surface area contributed by atoms with Crippen LogP contribution in [0.5, 0.6) is 5.75 Å². The minimum atomic E-state index is -0.130. The minimum Gasteiger partial charge on any atom is -0.481 e. The predicted octanol–water partition coefficient (Wildman–Crippen LogP) is 2.97. The van der Waals surface area contributed by atoms with E-state index in [1.807, 2.05) is 25.1 Å². The van der Waals surface area contributed by atoms with Gasteiger partial charge in [0.25, 0.3) is 0 Å². The summed E-state index contributed by atoms with van der Waals surface area (Å²) >= 11 is 3.38. The maximum absolute atomic E-state index is 12.0. The fourth-order valence-electron chi connectivity index (χ4n) is 2.21. The van der Waals surface area contributed by atoms with Crippen LogP contribution in [0, 0.1) is 19.3 Å². The standard InChI is InChI=1S/C16H16BrNO2/c1-4-9-20-12-5-6-13(11(2)10-12)15-8-7-14(17)16(19)18(15)3/h1,5-6,8,10,14H,7,9H2,2-3H3. The van der Waals surface area contributed by atoms with Crippen molar-refractivity contribution in [2.24, 2.45) is 0 Å². The van der Waals surface area contributed by atoms with Gasteiger partial charge >= 0.3 is 0 Å². The lowest BCUT2D eigenvalue weighted by atomic mass is 10.0. The smallest absolute Gasteiger partial charge is 0.240 e. The SMILES string of the molecule is C#CCOc1ccc(C2=CCC(Br)C(=O)N2C)c(C)c1. The molecule has 3 nitrogen and oxygen atoms in total. The number of halogens is 1. The Bertz CT molecular complexity index is 601. The molecule has 1 heterocycles. The van der Waals surface area contributed by atoms with E-state index in [1.54, 1.807) is 11.9 Å². The Balaban J connectivity index is 2.30. The molecule has 4 heteroatoms. The summed E-state index contributed by atoms with van der Waals surface area (Å²) < 4.78 is 5.40. The van der Waals surface area contributed by atoms with Crippen molar-refractivity contribution in [3.05, 3.63) is 35.4 Å². The van der Waals surface area contributed by atoms with E-state index in [1.165, 1.54) is 0 Å². The summed E-state index contributed by atoms with van der Waals surface area (Å²) in [4.78, 5) is 13.6. The van der Waals surface area contributed by atoms with Crippen molar-refractivity contribution in [3.63, 3.8) is 0 Å². The van der Waals surface area contributed by atoms with Crippen LogP contribution in [0.3, 0.4) is 0 Å². The summed E-state index contributed by atoms with van der Waals surface area (Å²) in [7, 11) is 1.80. The predicted molar refractivity (Wildman–Crippen MR) is 83.6 cm³/mol. The molecule has 1 atom stereocenters. The number of carbonyl (C=O) groups is 1. The van der Waals surface area contributed by atoms with Crippen LogP contribution in [-0.2, 0) is 4.79 Å². The highest BCUT2D eigenvalue weighted by Crippen LogP contribution is 2.30. The molecule has 1 amide bonds. The van der Waals surface area contributed by atoms with Gasteiger partial charge < -0.3 is 9.64 Å². The van der Waals surface area contributed by atoms with E-state index in [4.69, 9.17) is 11.2 Å². The van der Waals surface area contributed by atoms with Crippen LogP contribution in [0.4, 0.5) is 0 Å². The first-order valence-electron chi connectivity index (χ1n) is 6.33. The number of ether oxygens (including phenoxy) is 1. The van der Waals surface area contributed by atoms with Crippen LogP contribution in [0.1, 0.15) is 17.5 Å².